The van der Waals surface area contributed by atoms with Gasteiger partial charge in [-0.2, -0.15) is 8.42 Å². The minimum Gasteiger partial charge on any atom is -0.485 e. The number of rotatable bonds is 4. The van der Waals surface area contributed by atoms with Gasteiger partial charge in [-0.25, -0.2) is 0 Å². The van der Waals surface area contributed by atoms with Crippen LogP contribution in [0.25, 0.3) is 0 Å². The molecule has 0 spiro atoms. The van der Waals surface area contributed by atoms with Gasteiger partial charge in [-0.15, -0.1) is 11.3 Å². The highest BCUT2D eigenvalue weighted by Crippen LogP contribution is 2.35. The van der Waals surface area contributed by atoms with E-state index < -0.39 is 16.2 Å². The Balaban J connectivity index is 1.64. The van der Waals surface area contributed by atoms with Crippen molar-refractivity contribution < 1.29 is 22.1 Å². The molecule has 0 saturated heterocycles. The molecule has 1 aromatic carbocycles. The van der Waals surface area contributed by atoms with E-state index in [-0.39, 0.29) is 18.1 Å². The molecule has 1 aromatic heterocycles. The molecule has 2 aromatic rings. The molecule has 1 atom stereocenters. The zero-order valence-corrected chi connectivity index (χ0v) is 12.9. The number of hydrogen-bond donors (Lipinski definition) is 0. The predicted octanol–water partition coefficient (Wildman–Crippen LogP) is 2.60. The molecule has 0 bridgehead atoms. The molecular weight excluding hydrogens is 312 g/mol. The summed E-state index contributed by atoms with van der Waals surface area (Å²) in [6, 6.07) is 6.52. The van der Waals surface area contributed by atoms with Gasteiger partial charge in [-0.05, 0) is 19.1 Å². The first-order chi connectivity index (χ1) is 10.0. The summed E-state index contributed by atoms with van der Waals surface area (Å²) in [5.74, 6) is 1.32. The van der Waals surface area contributed by atoms with Crippen LogP contribution in [0.15, 0.2) is 39.9 Å². The predicted molar refractivity (Wildman–Crippen MR) is 78.5 cm³/mol. The van der Waals surface area contributed by atoms with E-state index in [4.69, 9.17) is 13.7 Å². The normalized spacial score (nSPS) is 17.7. The molecule has 0 saturated carbocycles. The van der Waals surface area contributed by atoms with E-state index in [1.54, 1.807) is 12.1 Å². The molecule has 21 heavy (non-hydrogen) atoms. The third-order valence-electron chi connectivity index (χ3n) is 3.03. The number of ether oxygens (including phenoxy) is 2. The van der Waals surface area contributed by atoms with Crippen LogP contribution >= 0.6 is 11.3 Å². The van der Waals surface area contributed by atoms with Crippen LogP contribution in [0.4, 0.5) is 0 Å². The Hall–Kier alpha value is -1.57. The van der Waals surface area contributed by atoms with Gasteiger partial charge >= 0.3 is 0 Å². The largest absolute Gasteiger partial charge is 0.485 e. The van der Waals surface area contributed by atoms with Crippen LogP contribution in [0.3, 0.4) is 0 Å². The van der Waals surface area contributed by atoms with Crippen molar-refractivity contribution in [2.45, 2.75) is 17.9 Å². The molecule has 1 aliphatic rings. The van der Waals surface area contributed by atoms with Gasteiger partial charge in [-0.1, -0.05) is 17.7 Å². The average molecular weight is 326 g/mol. The fourth-order valence-corrected chi connectivity index (χ4v) is 3.49. The Labute approximate surface area is 127 Å². The van der Waals surface area contributed by atoms with Gasteiger partial charge in [0.15, 0.2) is 17.6 Å². The van der Waals surface area contributed by atoms with E-state index in [9.17, 15) is 8.42 Å². The molecule has 0 amide bonds. The first-order valence-electron chi connectivity index (χ1n) is 6.36. The molecule has 3 rings (SSSR count). The van der Waals surface area contributed by atoms with Crippen LogP contribution in [-0.4, -0.2) is 27.7 Å². The SMILES string of the molecule is Cc1ccc(S(=O)(=O)OCC2COc3cscc3O2)cc1. The van der Waals surface area contributed by atoms with Gasteiger partial charge in [-0.3, -0.25) is 4.18 Å². The number of hydrogen-bond acceptors (Lipinski definition) is 6. The molecule has 5 nitrogen and oxygen atoms in total. The Kier molecular flexibility index (Phi) is 3.88. The van der Waals surface area contributed by atoms with Crippen molar-refractivity contribution in [1.82, 2.24) is 0 Å². The second-order valence-electron chi connectivity index (χ2n) is 4.70. The summed E-state index contributed by atoms with van der Waals surface area (Å²) >= 11 is 1.47. The maximum atomic E-state index is 12.1. The van der Waals surface area contributed by atoms with E-state index in [0.717, 1.165) is 5.56 Å². The standard InChI is InChI=1S/C14H14O5S2/c1-10-2-4-12(5-3-10)21(15,16)18-7-11-6-17-13-8-20-9-14(13)19-11/h2-5,8-9,11H,6-7H2,1H3. The van der Waals surface area contributed by atoms with Crippen LogP contribution in [0, 0.1) is 6.92 Å². The molecular formula is C14H14O5S2. The van der Waals surface area contributed by atoms with Gasteiger partial charge in [0.1, 0.15) is 13.2 Å². The Bertz CT molecular complexity index is 718. The van der Waals surface area contributed by atoms with E-state index in [1.165, 1.54) is 23.5 Å². The van der Waals surface area contributed by atoms with Gasteiger partial charge in [0.2, 0.25) is 0 Å². The fourth-order valence-electron chi connectivity index (χ4n) is 1.88. The maximum Gasteiger partial charge on any atom is 0.297 e. The van der Waals surface area contributed by atoms with Crippen molar-refractivity contribution in [3.05, 3.63) is 40.6 Å². The lowest BCUT2D eigenvalue weighted by Crippen LogP contribution is -2.33. The van der Waals surface area contributed by atoms with Gasteiger partial charge < -0.3 is 9.47 Å². The molecule has 1 aliphatic heterocycles. The van der Waals surface area contributed by atoms with Crippen molar-refractivity contribution in [2.24, 2.45) is 0 Å². The van der Waals surface area contributed by atoms with Crippen LogP contribution in [0.1, 0.15) is 5.56 Å². The zero-order chi connectivity index (χ0) is 14.9. The lowest BCUT2D eigenvalue weighted by Gasteiger charge is -2.24. The summed E-state index contributed by atoms with van der Waals surface area (Å²) in [6.45, 7) is 2.08. The van der Waals surface area contributed by atoms with Gasteiger partial charge in [0, 0.05) is 10.8 Å². The van der Waals surface area contributed by atoms with Gasteiger partial charge in [0.05, 0.1) is 4.90 Å². The molecule has 0 N–H and O–H groups in total. The highest BCUT2D eigenvalue weighted by Gasteiger charge is 2.25. The second kappa shape index (κ2) is 5.67. The minimum absolute atomic E-state index is 0.0779. The number of benzene rings is 1. The smallest absolute Gasteiger partial charge is 0.297 e. The van der Waals surface area contributed by atoms with Crippen LogP contribution in [0.2, 0.25) is 0 Å². The molecule has 0 aliphatic carbocycles. The first kappa shape index (κ1) is 14.4. The molecule has 0 fully saturated rings. The molecule has 7 heteroatoms. The highest BCUT2D eigenvalue weighted by atomic mass is 32.2. The van der Waals surface area contributed by atoms with E-state index in [2.05, 4.69) is 0 Å². The van der Waals surface area contributed by atoms with Crippen molar-refractivity contribution in [3.8, 4) is 11.5 Å². The highest BCUT2D eigenvalue weighted by molar-refractivity contribution is 7.86. The van der Waals surface area contributed by atoms with E-state index in [1.807, 2.05) is 17.7 Å². The number of thiophene rings is 1. The summed E-state index contributed by atoms with van der Waals surface area (Å²) in [6.07, 6.45) is -0.438. The molecule has 1 unspecified atom stereocenters. The third kappa shape index (κ3) is 3.20. The van der Waals surface area contributed by atoms with E-state index >= 15 is 0 Å². The molecule has 112 valence electrons. The first-order valence-corrected chi connectivity index (χ1v) is 8.71. The topological polar surface area (TPSA) is 61.8 Å². The minimum atomic E-state index is -3.77. The maximum absolute atomic E-state index is 12.1. The van der Waals surface area contributed by atoms with Crippen LogP contribution in [0.5, 0.6) is 11.5 Å². The fraction of sp³-hybridized carbons (Fsp3) is 0.286. The second-order valence-corrected chi connectivity index (χ2v) is 7.06. The molecule has 2 heterocycles. The third-order valence-corrected chi connectivity index (χ3v) is 5.03. The van der Waals surface area contributed by atoms with Crippen LogP contribution < -0.4 is 9.47 Å². The van der Waals surface area contributed by atoms with Crippen molar-refractivity contribution in [3.63, 3.8) is 0 Å². The lowest BCUT2D eigenvalue weighted by molar-refractivity contribution is 0.0565. The summed E-state index contributed by atoms with van der Waals surface area (Å²) in [5.41, 5.74) is 0.989. The Morgan fingerprint density at radius 3 is 2.71 bits per heavy atom. The molecule has 0 radical (unpaired) electrons. The van der Waals surface area contributed by atoms with Crippen molar-refractivity contribution >= 4 is 21.5 Å². The average Bonchev–Trinajstić information content (AvgIpc) is 2.93. The van der Waals surface area contributed by atoms with Crippen molar-refractivity contribution in [1.29, 1.82) is 0 Å². The quantitative estimate of drug-likeness (QED) is 0.808. The van der Waals surface area contributed by atoms with Gasteiger partial charge in [0.25, 0.3) is 10.1 Å². The number of fused-ring (bicyclic) bond motifs is 1. The summed E-state index contributed by atoms with van der Waals surface area (Å²) < 4.78 is 40.3. The Morgan fingerprint density at radius 1 is 1.24 bits per heavy atom. The summed E-state index contributed by atoms with van der Waals surface area (Å²) in [7, 11) is -3.77. The summed E-state index contributed by atoms with van der Waals surface area (Å²) in [4.78, 5) is 0.140. The summed E-state index contributed by atoms with van der Waals surface area (Å²) in [5, 5.41) is 3.66. The zero-order valence-electron chi connectivity index (χ0n) is 11.3. The number of aryl methyl sites for hydroxylation is 1. The van der Waals surface area contributed by atoms with Crippen molar-refractivity contribution in [2.75, 3.05) is 13.2 Å². The van der Waals surface area contributed by atoms with E-state index in [0.29, 0.717) is 11.5 Å². The Morgan fingerprint density at radius 2 is 1.95 bits per heavy atom. The van der Waals surface area contributed by atoms with Crippen LogP contribution in [-0.2, 0) is 14.3 Å². The monoisotopic (exact) mass is 326 g/mol. The lowest BCUT2D eigenvalue weighted by atomic mass is 10.2.